The minimum atomic E-state index is -0.0333. The predicted octanol–water partition coefficient (Wildman–Crippen LogP) is 2.92. The SMILES string of the molecule is Cc1cc(C)nc(CN(C)C(=O)C(C)N2CCCCCC2)c1. The monoisotopic (exact) mass is 303 g/mol. The maximum absolute atomic E-state index is 12.7. The van der Waals surface area contributed by atoms with E-state index in [2.05, 4.69) is 28.9 Å². The molecule has 0 saturated carbocycles. The van der Waals surface area contributed by atoms with E-state index in [1.165, 1.54) is 31.2 Å². The molecular formula is C18H29N3O. The molecule has 1 amide bonds. The normalized spacial score (nSPS) is 17.8. The standard InChI is InChI=1S/C18H29N3O/c1-14-11-15(2)19-17(12-14)13-20(4)18(22)16(3)21-9-7-5-6-8-10-21/h11-12,16H,5-10,13H2,1-4H3. The molecule has 22 heavy (non-hydrogen) atoms. The van der Waals surface area contributed by atoms with E-state index in [0.29, 0.717) is 6.54 Å². The third-order valence-electron chi connectivity index (χ3n) is 4.47. The van der Waals surface area contributed by atoms with Gasteiger partial charge in [0.1, 0.15) is 0 Å². The lowest BCUT2D eigenvalue weighted by Crippen LogP contribution is -2.46. The number of aryl methyl sites for hydroxylation is 2. The molecule has 1 fully saturated rings. The van der Waals surface area contributed by atoms with Crippen LogP contribution in [-0.4, -0.2) is 46.9 Å². The van der Waals surface area contributed by atoms with Crippen LogP contribution in [0.5, 0.6) is 0 Å². The van der Waals surface area contributed by atoms with Gasteiger partial charge in [0, 0.05) is 12.7 Å². The zero-order valence-corrected chi connectivity index (χ0v) is 14.4. The molecule has 0 aliphatic carbocycles. The molecule has 1 unspecified atom stereocenters. The lowest BCUT2D eigenvalue weighted by Gasteiger charge is -2.30. The molecular weight excluding hydrogens is 274 g/mol. The van der Waals surface area contributed by atoms with Crippen LogP contribution < -0.4 is 0 Å². The molecule has 1 aliphatic rings. The van der Waals surface area contributed by atoms with Crippen molar-refractivity contribution in [2.45, 2.75) is 59.0 Å². The quantitative estimate of drug-likeness (QED) is 0.858. The first-order chi connectivity index (χ1) is 10.5. The summed E-state index contributed by atoms with van der Waals surface area (Å²) in [5.41, 5.74) is 3.18. The molecule has 2 heterocycles. The van der Waals surface area contributed by atoms with Crippen molar-refractivity contribution >= 4 is 5.91 Å². The molecule has 1 aromatic rings. The minimum absolute atomic E-state index is 0.0333. The number of carbonyl (C=O) groups is 1. The fraction of sp³-hybridized carbons (Fsp3) is 0.667. The first-order valence-electron chi connectivity index (χ1n) is 8.40. The van der Waals surface area contributed by atoms with Crippen LogP contribution in [0.1, 0.15) is 49.6 Å². The summed E-state index contributed by atoms with van der Waals surface area (Å²) in [4.78, 5) is 21.4. The van der Waals surface area contributed by atoms with Crippen molar-refractivity contribution in [3.63, 3.8) is 0 Å². The van der Waals surface area contributed by atoms with Crippen molar-refractivity contribution < 1.29 is 4.79 Å². The van der Waals surface area contributed by atoms with Crippen molar-refractivity contribution in [3.8, 4) is 0 Å². The summed E-state index contributed by atoms with van der Waals surface area (Å²) in [6.07, 6.45) is 5.00. The molecule has 122 valence electrons. The molecule has 0 N–H and O–H groups in total. The van der Waals surface area contributed by atoms with E-state index in [0.717, 1.165) is 24.5 Å². The highest BCUT2D eigenvalue weighted by Gasteiger charge is 2.24. The van der Waals surface area contributed by atoms with Gasteiger partial charge in [0.05, 0.1) is 18.3 Å². The van der Waals surface area contributed by atoms with Crippen molar-refractivity contribution in [2.75, 3.05) is 20.1 Å². The summed E-state index contributed by atoms with van der Waals surface area (Å²) in [7, 11) is 1.88. The highest BCUT2D eigenvalue weighted by atomic mass is 16.2. The Morgan fingerprint density at radius 2 is 1.86 bits per heavy atom. The number of aromatic nitrogens is 1. The van der Waals surface area contributed by atoms with Gasteiger partial charge in [0.2, 0.25) is 5.91 Å². The molecule has 0 radical (unpaired) electrons. The lowest BCUT2D eigenvalue weighted by molar-refractivity contribution is -0.135. The summed E-state index contributed by atoms with van der Waals surface area (Å²) >= 11 is 0. The van der Waals surface area contributed by atoms with Gasteiger partial charge in [-0.1, -0.05) is 12.8 Å². The zero-order valence-electron chi connectivity index (χ0n) is 14.4. The third kappa shape index (κ3) is 4.54. The average Bonchev–Trinajstić information content (AvgIpc) is 2.73. The summed E-state index contributed by atoms with van der Waals surface area (Å²) in [5, 5.41) is 0. The second kappa shape index (κ2) is 7.73. The predicted molar refractivity (Wildman–Crippen MR) is 89.7 cm³/mol. The largest absolute Gasteiger partial charge is 0.339 e. The summed E-state index contributed by atoms with van der Waals surface area (Å²) in [6, 6.07) is 4.09. The molecule has 4 heteroatoms. The molecule has 1 saturated heterocycles. The Morgan fingerprint density at radius 1 is 1.23 bits per heavy atom. The Balaban J connectivity index is 1.98. The van der Waals surface area contributed by atoms with Crippen LogP contribution in [0.15, 0.2) is 12.1 Å². The van der Waals surface area contributed by atoms with E-state index < -0.39 is 0 Å². The first kappa shape index (κ1) is 16.9. The van der Waals surface area contributed by atoms with E-state index in [4.69, 9.17) is 0 Å². The smallest absolute Gasteiger partial charge is 0.239 e. The fourth-order valence-corrected chi connectivity index (χ4v) is 3.28. The number of hydrogen-bond acceptors (Lipinski definition) is 3. The molecule has 1 aromatic heterocycles. The van der Waals surface area contributed by atoms with Gasteiger partial charge in [0.15, 0.2) is 0 Å². The third-order valence-corrected chi connectivity index (χ3v) is 4.47. The number of hydrogen-bond donors (Lipinski definition) is 0. The van der Waals surface area contributed by atoms with E-state index in [1.807, 2.05) is 25.8 Å². The van der Waals surface area contributed by atoms with Crippen molar-refractivity contribution in [1.29, 1.82) is 0 Å². The Labute approximate surface area is 134 Å². The van der Waals surface area contributed by atoms with E-state index in [1.54, 1.807) is 0 Å². The molecule has 0 aromatic carbocycles. The topological polar surface area (TPSA) is 36.4 Å². The number of carbonyl (C=O) groups excluding carboxylic acids is 1. The van der Waals surface area contributed by atoms with Gasteiger partial charge in [-0.25, -0.2) is 0 Å². The number of pyridine rings is 1. The van der Waals surface area contributed by atoms with Crippen LogP contribution in [0.4, 0.5) is 0 Å². The molecule has 0 bridgehead atoms. The molecule has 1 atom stereocenters. The molecule has 2 rings (SSSR count). The van der Waals surface area contributed by atoms with Gasteiger partial charge >= 0.3 is 0 Å². The van der Waals surface area contributed by atoms with Crippen LogP contribution in [-0.2, 0) is 11.3 Å². The number of likely N-dealkylation sites (tertiary alicyclic amines) is 1. The Morgan fingerprint density at radius 3 is 2.45 bits per heavy atom. The summed E-state index contributed by atoms with van der Waals surface area (Å²) < 4.78 is 0. The Hall–Kier alpha value is -1.42. The van der Waals surface area contributed by atoms with Crippen molar-refractivity contribution in [2.24, 2.45) is 0 Å². The second-order valence-corrected chi connectivity index (χ2v) is 6.60. The van der Waals surface area contributed by atoms with Gasteiger partial charge in [0.25, 0.3) is 0 Å². The van der Waals surface area contributed by atoms with Crippen molar-refractivity contribution in [3.05, 3.63) is 29.1 Å². The number of amides is 1. The Bertz CT molecular complexity index is 487. The Kier molecular flexibility index (Phi) is 5.95. The second-order valence-electron chi connectivity index (χ2n) is 6.60. The molecule has 1 aliphatic heterocycles. The highest BCUT2D eigenvalue weighted by molar-refractivity contribution is 5.81. The van der Waals surface area contributed by atoms with Gasteiger partial charge in [-0.3, -0.25) is 14.7 Å². The summed E-state index contributed by atoms with van der Waals surface area (Å²) in [6.45, 7) is 8.78. The van der Waals surface area contributed by atoms with E-state index in [-0.39, 0.29) is 11.9 Å². The first-order valence-corrected chi connectivity index (χ1v) is 8.40. The van der Waals surface area contributed by atoms with Gasteiger partial charge in [-0.15, -0.1) is 0 Å². The van der Waals surface area contributed by atoms with Gasteiger partial charge < -0.3 is 4.90 Å². The fourth-order valence-electron chi connectivity index (χ4n) is 3.28. The van der Waals surface area contributed by atoms with Crippen LogP contribution in [0.25, 0.3) is 0 Å². The highest BCUT2D eigenvalue weighted by Crippen LogP contribution is 2.14. The van der Waals surface area contributed by atoms with Crippen LogP contribution in [0.3, 0.4) is 0 Å². The van der Waals surface area contributed by atoms with E-state index in [9.17, 15) is 4.79 Å². The van der Waals surface area contributed by atoms with Crippen molar-refractivity contribution in [1.82, 2.24) is 14.8 Å². The van der Waals surface area contributed by atoms with Gasteiger partial charge in [-0.2, -0.15) is 0 Å². The molecule has 4 nitrogen and oxygen atoms in total. The van der Waals surface area contributed by atoms with Crippen LogP contribution >= 0.6 is 0 Å². The minimum Gasteiger partial charge on any atom is -0.339 e. The maximum atomic E-state index is 12.7. The van der Waals surface area contributed by atoms with Crippen LogP contribution in [0.2, 0.25) is 0 Å². The molecule has 0 spiro atoms. The zero-order chi connectivity index (χ0) is 16.1. The van der Waals surface area contributed by atoms with Crippen LogP contribution in [0, 0.1) is 13.8 Å². The number of nitrogens with zero attached hydrogens (tertiary/aromatic N) is 3. The summed E-state index contributed by atoms with van der Waals surface area (Å²) in [5.74, 6) is 0.197. The number of rotatable bonds is 4. The number of likely N-dealkylation sites (N-methyl/N-ethyl adjacent to an activating group) is 1. The van der Waals surface area contributed by atoms with Gasteiger partial charge in [-0.05, 0) is 64.4 Å². The van der Waals surface area contributed by atoms with E-state index >= 15 is 0 Å². The average molecular weight is 303 g/mol. The lowest BCUT2D eigenvalue weighted by atomic mass is 10.2. The maximum Gasteiger partial charge on any atom is 0.239 e.